The van der Waals surface area contributed by atoms with Crippen molar-refractivity contribution in [2.24, 2.45) is 0 Å². The van der Waals surface area contributed by atoms with Crippen LogP contribution in [0.4, 0.5) is 0 Å². The first-order chi connectivity index (χ1) is 10.4. The van der Waals surface area contributed by atoms with E-state index in [1.54, 1.807) is 6.07 Å². The maximum Gasteiger partial charge on any atom is 0.339 e. The van der Waals surface area contributed by atoms with Gasteiger partial charge in [0.05, 0.1) is 4.92 Å². The molecule has 2 aromatic rings. The highest BCUT2D eigenvalue weighted by atomic mass is 35.5. The molecule has 22 heavy (non-hydrogen) atoms. The molecule has 0 aliphatic carbocycles. The van der Waals surface area contributed by atoms with E-state index in [1.807, 2.05) is 0 Å². The number of hydrogen-bond acceptors (Lipinski definition) is 5. The van der Waals surface area contributed by atoms with E-state index in [2.05, 4.69) is 0 Å². The second kappa shape index (κ2) is 6.59. The molecule has 0 spiro atoms. The fourth-order valence-electron chi connectivity index (χ4n) is 1.59. The molecule has 0 saturated heterocycles. The van der Waals surface area contributed by atoms with Gasteiger partial charge in [-0.25, -0.2) is 0 Å². The van der Waals surface area contributed by atoms with Crippen molar-refractivity contribution >= 4 is 27.8 Å². The molecular weight excluding hydrogens is 330 g/mol. The van der Waals surface area contributed by atoms with E-state index < -0.39 is 15.0 Å². The fourth-order valence-corrected chi connectivity index (χ4v) is 2.64. The Kier molecular flexibility index (Phi) is 4.79. The van der Waals surface area contributed by atoms with Gasteiger partial charge in [0, 0.05) is 11.1 Å². The third kappa shape index (κ3) is 4.31. The van der Waals surface area contributed by atoms with Gasteiger partial charge in [0.1, 0.15) is 10.6 Å². The van der Waals surface area contributed by atoms with E-state index in [0.717, 1.165) is 6.20 Å². The maximum absolute atomic E-state index is 12.1. The molecule has 2 rings (SSSR count). The molecule has 8 heteroatoms. The van der Waals surface area contributed by atoms with Gasteiger partial charge >= 0.3 is 10.1 Å². The van der Waals surface area contributed by atoms with E-state index in [0.29, 0.717) is 10.6 Å². The summed E-state index contributed by atoms with van der Waals surface area (Å²) < 4.78 is 29.2. The predicted molar refractivity (Wildman–Crippen MR) is 81.7 cm³/mol. The Hall–Kier alpha value is -2.38. The van der Waals surface area contributed by atoms with E-state index in [4.69, 9.17) is 15.8 Å². The minimum Gasteiger partial charge on any atom is -0.379 e. The molecule has 0 N–H and O–H groups in total. The maximum atomic E-state index is 12.1. The zero-order chi connectivity index (χ0) is 16.2. The summed E-state index contributed by atoms with van der Waals surface area (Å²) >= 11 is 5.70. The van der Waals surface area contributed by atoms with Crippen LogP contribution < -0.4 is 4.18 Å². The molecule has 0 radical (unpaired) electrons. The number of rotatable bonds is 5. The average molecular weight is 340 g/mol. The highest BCUT2D eigenvalue weighted by Gasteiger charge is 2.16. The quantitative estimate of drug-likeness (QED) is 0.473. The number of benzene rings is 2. The van der Waals surface area contributed by atoms with Gasteiger partial charge in [-0.3, -0.25) is 10.1 Å². The standard InChI is InChI=1S/C14H10ClNO5S/c15-12-4-6-14(7-5-12)22(19,20)21-13-3-1-2-11(10-13)8-9-16(17)18/h1-10H. The van der Waals surface area contributed by atoms with Crippen LogP contribution in [0.3, 0.4) is 0 Å². The van der Waals surface area contributed by atoms with Crippen LogP contribution in [0.5, 0.6) is 5.75 Å². The summed E-state index contributed by atoms with van der Waals surface area (Å²) in [5.74, 6) is 0.0560. The summed E-state index contributed by atoms with van der Waals surface area (Å²) in [6.07, 6.45) is 1.99. The molecule has 0 heterocycles. The van der Waals surface area contributed by atoms with Crippen LogP contribution in [0, 0.1) is 10.1 Å². The molecule has 0 aromatic heterocycles. The van der Waals surface area contributed by atoms with Crippen molar-refractivity contribution < 1.29 is 17.5 Å². The SMILES string of the molecule is O=[N+]([O-])C=Cc1cccc(OS(=O)(=O)c2ccc(Cl)cc2)c1. The number of hydrogen-bond donors (Lipinski definition) is 0. The second-order valence-corrected chi connectivity index (χ2v) is 6.15. The average Bonchev–Trinajstić information content (AvgIpc) is 2.45. The number of nitrogens with zero attached hydrogens (tertiary/aromatic N) is 1. The normalized spacial score (nSPS) is 11.5. The third-order valence-electron chi connectivity index (χ3n) is 2.56. The lowest BCUT2D eigenvalue weighted by atomic mass is 10.2. The van der Waals surface area contributed by atoms with Crippen LogP contribution in [-0.2, 0) is 10.1 Å². The van der Waals surface area contributed by atoms with E-state index >= 15 is 0 Å². The molecule has 0 fully saturated rings. The van der Waals surface area contributed by atoms with E-state index in [-0.39, 0.29) is 10.6 Å². The molecule has 0 atom stereocenters. The Morgan fingerprint density at radius 2 is 1.82 bits per heavy atom. The summed E-state index contributed by atoms with van der Waals surface area (Å²) in [5, 5.41) is 10.7. The van der Waals surface area contributed by atoms with Gasteiger partial charge in [-0.05, 0) is 42.0 Å². The van der Waals surface area contributed by atoms with Crippen LogP contribution in [0.2, 0.25) is 5.02 Å². The molecule has 0 saturated carbocycles. The van der Waals surface area contributed by atoms with Crippen LogP contribution in [0.25, 0.3) is 6.08 Å². The van der Waals surface area contributed by atoms with E-state index in [9.17, 15) is 18.5 Å². The van der Waals surface area contributed by atoms with Gasteiger partial charge in [-0.2, -0.15) is 8.42 Å². The number of halogens is 1. The van der Waals surface area contributed by atoms with Crippen LogP contribution in [0.1, 0.15) is 5.56 Å². The lowest BCUT2D eigenvalue weighted by molar-refractivity contribution is -0.400. The first kappa shape index (κ1) is 16.0. The second-order valence-electron chi connectivity index (χ2n) is 4.16. The Bertz CT molecular complexity index is 815. The zero-order valence-corrected chi connectivity index (χ0v) is 12.6. The molecule has 0 amide bonds. The molecule has 0 aliphatic rings. The number of nitro groups is 1. The molecular formula is C14H10ClNO5S. The molecule has 6 nitrogen and oxygen atoms in total. The van der Waals surface area contributed by atoms with Gasteiger partial charge in [-0.1, -0.05) is 23.7 Å². The van der Waals surface area contributed by atoms with Crippen molar-refractivity contribution in [1.82, 2.24) is 0 Å². The van der Waals surface area contributed by atoms with Crippen molar-refractivity contribution in [2.75, 3.05) is 0 Å². The lowest BCUT2D eigenvalue weighted by Crippen LogP contribution is -2.09. The third-order valence-corrected chi connectivity index (χ3v) is 4.07. The minimum atomic E-state index is -3.99. The first-order valence-electron chi connectivity index (χ1n) is 5.99. The Balaban J connectivity index is 2.24. The van der Waals surface area contributed by atoms with Crippen molar-refractivity contribution in [3.8, 4) is 5.75 Å². The molecule has 114 valence electrons. The largest absolute Gasteiger partial charge is 0.379 e. The molecule has 0 unspecified atom stereocenters. The first-order valence-corrected chi connectivity index (χ1v) is 7.77. The van der Waals surface area contributed by atoms with Crippen molar-refractivity contribution in [3.05, 3.63) is 75.4 Å². The summed E-state index contributed by atoms with van der Waals surface area (Å²) in [5.41, 5.74) is 0.445. The monoisotopic (exact) mass is 339 g/mol. The fraction of sp³-hybridized carbons (Fsp3) is 0. The van der Waals surface area contributed by atoms with Crippen molar-refractivity contribution in [2.45, 2.75) is 4.90 Å². The summed E-state index contributed by atoms with van der Waals surface area (Å²) in [6.45, 7) is 0. The summed E-state index contributed by atoms with van der Waals surface area (Å²) in [7, 11) is -3.99. The summed E-state index contributed by atoms with van der Waals surface area (Å²) in [6, 6.07) is 11.5. The van der Waals surface area contributed by atoms with Gasteiger partial charge in [-0.15, -0.1) is 0 Å². The predicted octanol–water partition coefficient (Wildman–Crippen LogP) is 3.36. The van der Waals surface area contributed by atoms with Crippen molar-refractivity contribution in [3.63, 3.8) is 0 Å². The Morgan fingerprint density at radius 1 is 1.14 bits per heavy atom. The Labute approximate surface area is 131 Å². The van der Waals surface area contributed by atoms with Gasteiger partial charge < -0.3 is 4.18 Å². The highest BCUT2D eigenvalue weighted by Crippen LogP contribution is 2.21. The van der Waals surface area contributed by atoms with Gasteiger partial charge in [0.2, 0.25) is 6.20 Å². The van der Waals surface area contributed by atoms with Crippen LogP contribution in [-0.4, -0.2) is 13.3 Å². The van der Waals surface area contributed by atoms with Gasteiger partial charge in [0.25, 0.3) is 0 Å². The molecule has 0 bridgehead atoms. The zero-order valence-electron chi connectivity index (χ0n) is 11.0. The smallest absolute Gasteiger partial charge is 0.339 e. The molecule has 2 aromatic carbocycles. The van der Waals surface area contributed by atoms with Crippen LogP contribution >= 0.6 is 11.6 Å². The Morgan fingerprint density at radius 3 is 2.45 bits per heavy atom. The van der Waals surface area contributed by atoms with E-state index in [1.165, 1.54) is 48.5 Å². The molecule has 0 aliphatic heterocycles. The highest BCUT2D eigenvalue weighted by molar-refractivity contribution is 7.87. The van der Waals surface area contributed by atoms with Crippen molar-refractivity contribution in [1.29, 1.82) is 0 Å². The minimum absolute atomic E-state index is 0.0388. The lowest BCUT2D eigenvalue weighted by Gasteiger charge is -2.07. The van der Waals surface area contributed by atoms with Gasteiger partial charge in [0.15, 0.2) is 0 Å². The summed E-state index contributed by atoms with van der Waals surface area (Å²) in [4.78, 5) is 9.63. The topological polar surface area (TPSA) is 86.5 Å². The van der Waals surface area contributed by atoms with Crippen LogP contribution in [0.15, 0.2) is 59.6 Å².